The third-order valence-electron chi connectivity index (χ3n) is 12.3. The van der Waals surface area contributed by atoms with Crippen molar-refractivity contribution in [3.05, 3.63) is 59.9 Å². The average molecular weight is 799 g/mol. The van der Waals surface area contributed by atoms with Gasteiger partial charge in [-0.25, -0.2) is 0 Å². The van der Waals surface area contributed by atoms with Crippen molar-refractivity contribution in [1.29, 1.82) is 0 Å². The van der Waals surface area contributed by atoms with Crippen LogP contribution in [0.1, 0.15) is 148 Å². The van der Waals surface area contributed by atoms with Crippen molar-refractivity contribution in [3.63, 3.8) is 0 Å². The van der Waals surface area contributed by atoms with Gasteiger partial charge >= 0.3 is 11.9 Å². The number of hydrogen-bond acceptors (Lipinski definition) is 6. The van der Waals surface area contributed by atoms with Gasteiger partial charge < -0.3 is 19.4 Å². The molecule has 8 heteroatoms. The molecule has 2 aromatic heterocycles. The molecular formula is C50H78N4O4. The minimum absolute atomic E-state index is 0.145. The number of hydrogen-bond donors (Lipinski definition) is 2. The summed E-state index contributed by atoms with van der Waals surface area (Å²) in [6, 6.07) is 13.6. The van der Waals surface area contributed by atoms with Crippen molar-refractivity contribution < 1.29 is 19.1 Å². The first-order valence-electron chi connectivity index (χ1n) is 22.0. The Bertz CT molecular complexity index is 1820. The molecule has 8 nitrogen and oxygen atoms in total. The Hall–Kier alpha value is -3.62. The van der Waals surface area contributed by atoms with E-state index in [1.165, 1.54) is 11.1 Å². The van der Waals surface area contributed by atoms with Gasteiger partial charge in [0.15, 0.2) is 0 Å². The fourth-order valence-corrected chi connectivity index (χ4v) is 9.59. The number of aromatic amines is 2. The fraction of sp³-hybridized carbons (Fsp3) is 0.640. The maximum atomic E-state index is 14.0. The van der Waals surface area contributed by atoms with E-state index in [1.54, 1.807) is 0 Å². The Labute approximate surface area is 351 Å². The third-order valence-corrected chi connectivity index (χ3v) is 12.3. The summed E-state index contributed by atoms with van der Waals surface area (Å²) in [5.74, 6) is 0.807. The molecule has 0 atom stereocenters. The molecule has 4 rings (SSSR count). The van der Waals surface area contributed by atoms with E-state index in [4.69, 9.17) is 9.47 Å². The van der Waals surface area contributed by atoms with Gasteiger partial charge in [0.05, 0.1) is 10.8 Å². The second-order valence-corrected chi connectivity index (χ2v) is 21.1. The molecule has 2 heterocycles. The minimum atomic E-state index is -0.707. The van der Waals surface area contributed by atoms with Crippen LogP contribution in [0.15, 0.2) is 48.8 Å². The molecule has 0 bridgehead atoms. The number of rotatable bonds is 21. The van der Waals surface area contributed by atoms with Crippen molar-refractivity contribution in [3.8, 4) is 11.5 Å². The van der Waals surface area contributed by atoms with Crippen LogP contribution < -0.4 is 9.47 Å². The molecule has 0 amide bonds. The van der Waals surface area contributed by atoms with Gasteiger partial charge in [0, 0.05) is 71.5 Å². The standard InChI is InChI=1S/C50H78N4O4/c1-33(2)53(34(3)4)27-23-37-29-51-39-19-17-21-41(43(37)39)57-45(55)49(13,14)31-47(9,10)25-26-48(11,12)32-50(15,16)46(56)58-42-22-18-20-40-44(42)38(30-52-40)24-28-54(35(5)6)36(7)8/h17-22,29-30,33-36,51-52H,23-28,31-32H2,1-16H3. The number of aromatic nitrogens is 2. The summed E-state index contributed by atoms with van der Waals surface area (Å²) in [5, 5.41) is 1.98. The fourth-order valence-electron chi connectivity index (χ4n) is 9.59. The number of nitrogens with zero attached hydrogens (tertiary/aromatic N) is 2. The van der Waals surface area contributed by atoms with E-state index in [1.807, 2.05) is 64.1 Å². The zero-order chi connectivity index (χ0) is 43.4. The molecule has 2 aromatic carbocycles. The van der Waals surface area contributed by atoms with Crippen LogP contribution in [0, 0.1) is 21.7 Å². The largest absolute Gasteiger partial charge is 0.425 e. The van der Waals surface area contributed by atoms with Crippen molar-refractivity contribution in [2.45, 2.75) is 173 Å². The molecule has 0 fully saturated rings. The molecule has 0 aliphatic carbocycles. The van der Waals surface area contributed by atoms with Crippen LogP contribution in [0.2, 0.25) is 0 Å². The zero-order valence-corrected chi connectivity index (χ0v) is 39.1. The molecule has 0 unspecified atom stereocenters. The summed E-state index contributed by atoms with van der Waals surface area (Å²) >= 11 is 0. The Morgan fingerprint density at radius 3 is 1.19 bits per heavy atom. The highest BCUT2D eigenvalue weighted by molar-refractivity contribution is 5.93. The Morgan fingerprint density at radius 1 is 0.552 bits per heavy atom. The first-order chi connectivity index (χ1) is 26.8. The molecule has 4 aromatic rings. The van der Waals surface area contributed by atoms with Gasteiger partial charge in [-0.15, -0.1) is 0 Å². The van der Waals surface area contributed by atoms with Gasteiger partial charge in [0.2, 0.25) is 0 Å². The van der Waals surface area contributed by atoms with E-state index in [2.05, 4.69) is 115 Å². The predicted molar refractivity (Wildman–Crippen MR) is 243 cm³/mol. The number of ether oxygens (including phenoxy) is 2. The lowest BCUT2D eigenvalue weighted by Gasteiger charge is -2.38. The SMILES string of the molecule is CC(C)N(CCc1c[nH]c2cccc(OC(=O)C(C)(C)CC(C)(C)CCC(C)(C)CC(C)(C)C(=O)Oc3cccc4[nH]cc(CCN(C(C)C)C(C)C)c34)c12)C(C)C. The normalized spacial score (nSPS) is 13.4. The number of esters is 2. The third kappa shape index (κ3) is 12.0. The van der Waals surface area contributed by atoms with Gasteiger partial charge in [-0.3, -0.25) is 19.4 Å². The van der Waals surface area contributed by atoms with Gasteiger partial charge in [-0.2, -0.15) is 0 Å². The second kappa shape index (κ2) is 18.8. The smallest absolute Gasteiger partial charge is 0.316 e. The Kier molecular flexibility index (Phi) is 15.2. The van der Waals surface area contributed by atoms with Gasteiger partial charge in [0.1, 0.15) is 11.5 Å². The number of benzene rings is 2. The molecular weight excluding hydrogens is 721 g/mol. The Balaban J connectivity index is 1.39. The monoisotopic (exact) mass is 799 g/mol. The molecule has 0 spiro atoms. The summed E-state index contributed by atoms with van der Waals surface area (Å²) in [5.41, 5.74) is 2.59. The number of H-pyrrole nitrogens is 2. The Morgan fingerprint density at radius 2 is 0.879 bits per heavy atom. The van der Waals surface area contributed by atoms with E-state index < -0.39 is 10.8 Å². The molecule has 322 valence electrons. The van der Waals surface area contributed by atoms with Gasteiger partial charge in [0.25, 0.3) is 0 Å². The first-order valence-corrected chi connectivity index (χ1v) is 22.0. The minimum Gasteiger partial charge on any atom is -0.425 e. The highest BCUT2D eigenvalue weighted by atomic mass is 16.5. The van der Waals surface area contributed by atoms with Crippen molar-refractivity contribution in [1.82, 2.24) is 19.8 Å². The summed E-state index contributed by atoms with van der Waals surface area (Å²) in [6.07, 6.45) is 9.00. The molecule has 0 radical (unpaired) electrons. The van der Waals surface area contributed by atoms with Crippen LogP contribution in [0.3, 0.4) is 0 Å². The molecule has 0 saturated heterocycles. The van der Waals surface area contributed by atoms with E-state index in [0.717, 1.165) is 60.6 Å². The van der Waals surface area contributed by atoms with Crippen LogP contribution >= 0.6 is 0 Å². The summed E-state index contributed by atoms with van der Waals surface area (Å²) < 4.78 is 12.5. The van der Waals surface area contributed by atoms with Gasteiger partial charge in [-0.1, -0.05) is 39.8 Å². The van der Waals surface area contributed by atoms with E-state index in [-0.39, 0.29) is 22.8 Å². The molecule has 58 heavy (non-hydrogen) atoms. The number of nitrogens with one attached hydrogen (secondary N) is 2. The molecule has 0 saturated carbocycles. The van der Waals surface area contributed by atoms with E-state index in [9.17, 15) is 9.59 Å². The van der Waals surface area contributed by atoms with Crippen LogP contribution in [0.4, 0.5) is 0 Å². The average Bonchev–Trinajstić information content (AvgIpc) is 3.71. The number of carbonyl (C=O) groups is 2. The molecule has 0 aliphatic rings. The van der Waals surface area contributed by atoms with Gasteiger partial charge in [-0.05, 0) is 168 Å². The maximum Gasteiger partial charge on any atom is 0.316 e. The highest BCUT2D eigenvalue weighted by Gasteiger charge is 2.40. The van der Waals surface area contributed by atoms with Crippen molar-refractivity contribution in [2.75, 3.05) is 13.1 Å². The molecule has 0 aliphatic heterocycles. The predicted octanol–water partition coefficient (Wildman–Crippen LogP) is 12.1. The summed E-state index contributed by atoms with van der Waals surface area (Å²) in [7, 11) is 0. The quantitative estimate of drug-likeness (QED) is 0.0644. The highest BCUT2D eigenvalue weighted by Crippen LogP contribution is 2.45. The van der Waals surface area contributed by atoms with Crippen LogP contribution in [0.25, 0.3) is 21.8 Å². The van der Waals surface area contributed by atoms with E-state index >= 15 is 0 Å². The van der Waals surface area contributed by atoms with Crippen LogP contribution in [0.5, 0.6) is 11.5 Å². The maximum absolute atomic E-state index is 14.0. The first kappa shape index (κ1) is 47.1. The van der Waals surface area contributed by atoms with E-state index in [0.29, 0.717) is 48.5 Å². The summed E-state index contributed by atoms with van der Waals surface area (Å²) in [6.45, 7) is 36.8. The van der Waals surface area contributed by atoms with Crippen molar-refractivity contribution in [2.24, 2.45) is 21.7 Å². The van der Waals surface area contributed by atoms with Crippen LogP contribution in [-0.4, -0.2) is 69.0 Å². The van der Waals surface area contributed by atoms with Crippen molar-refractivity contribution >= 4 is 33.7 Å². The summed E-state index contributed by atoms with van der Waals surface area (Å²) in [4.78, 5) is 39.7. The second-order valence-electron chi connectivity index (χ2n) is 21.1. The lowest BCUT2D eigenvalue weighted by atomic mass is 9.67. The topological polar surface area (TPSA) is 90.7 Å². The number of carbonyl (C=O) groups excluding carboxylic acids is 2. The molecule has 2 N–H and O–H groups in total. The lowest BCUT2D eigenvalue weighted by Crippen LogP contribution is -2.38. The number of fused-ring (bicyclic) bond motifs is 2. The van der Waals surface area contributed by atoms with Crippen LogP contribution in [-0.2, 0) is 22.4 Å². The zero-order valence-electron chi connectivity index (χ0n) is 39.1. The lowest BCUT2D eigenvalue weighted by molar-refractivity contribution is -0.147.